The SMILES string of the molecule is CC1C(=O)C(C#N)=CC2(c3ccccc3)c3nn(C)c(-c4ccccc4)c3CCC12. The molecule has 5 rings (SSSR count). The quantitative estimate of drug-likeness (QED) is 0.639. The summed E-state index contributed by atoms with van der Waals surface area (Å²) < 4.78 is 1.97. The van der Waals surface area contributed by atoms with Gasteiger partial charge in [0.15, 0.2) is 5.78 Å². The van der Waals surface area contributed by atoms with Gasteiger partial charge in [0.25, 0.3) is 0 Å². The number of fused-ring (bicyclic) bond motifs is 3. The zero-order valence-corrected chi connectivity index (χ0v) is 17.2. The first kappa shape index (κ1) is 18.6. The van der Waals surface area contributed by atoms with Gasteiger partial charge in [-0.25, -0.2) is 0 Å². The van der Waals surface area contributed by atoms with Crippen molar-refractivity contribution < 1.29 is 4.79 Å². The molecule has 0 N–H and O–H groups in total. The predicted octanol–water partition coefficient (Wildman–Crippen LogP) is 4.60. The lowest BCUT2D eigenvalue weighted by atomic mass is 9.54. The second kappa shape index (κ2) is 6.81. The van der Waals surface area contributed by atoms with Crippen LogP contribution in [0.1, 0.15) is 30.2 Å². The van der Waals surface area contributed by atoms with E-state index >= 15 is 0 Å². The number of hydrogen-bond acceptors (Lipinski definition) is 3. The average Bonchev–Trinajstić information content (AvgIpc) is 3.13. The molecule has 148 valence electrons. The number of benzene rings is 2. The lowest BCUT2D eigenvalue weighted by Gasteiger charge is -2.47. The maximum atomic E-state index is 12.9. The van der Waals surface area contributed by atoms with Crippen LogP contribution in [0.5, 0.6) is 0 Å². The van der Waals surface area contributed by atoms with Crippen molar-refractivity contribution in [2.45, 2.75) is 25.2 Å². The third-order valence-electron chi connectivity index (χ3n) is 6.90. The van der Waals surface area contributed by atoms with Crippen molar-refractivity contribution in [2.75, 3.05) is 0 Å². The largest absolute Gasteiger partial charge is 0.293 e. The Morgan fingerprint density at radius 2 is 1.77 bits per heavy atom. The molecule has 4 nitrogen and oxygen atoms in total. The van der Waals surface area contributed by atoms with Crippen LogP contribution in [-0.4, -0.2) is 15.6 Å². The number of nitrogens with zero attached hydrogens (tertiary/aromatic N) is 3. The van der Waals surface area contributed by atoms with Crippen LogP contribution in [0.4, 0.5) is 0 Å². The van der Waals surface area contributed by atoms with Crippen LogP contribution in [0.15, 0.2) is 72.3 Å². The summed E-state index contributed by atoms with van der Waals surface area (Å²) in [5.41, 5.74) is 5.24. The third-order valence-corrected chi connectivity index (χ3v) is 6.90. The Balaban J connectivity index is 1.85. The van der Waals surface area contributed by atoms with E-state index in [1.165, 1.54) is 5.56 Å². The molecule has 2 aliphatic rings. The van der Waals surface area contributed by atoms with Gasteiger partial charge in [-0.15, -0.1) is 0 Å². The number of ketones is 1. The van der Waals surface area contributed by atoms with Crippen LogP contribution < -0.4 is 0 Å². The molecule has 3 unspecified atom stereocenters. The Morgan fingerprint density at radius 1 is 1.10 bits per heavy atom. The van der Waals surface area contributed by atoms with Crippen LogP contribution in [0, 0.1) is 23.2 Å². The molecule has 0 saturated heterocycles. The van der Waals surface area contributed by atoms with E-state index in [4.69, 9.17) is 5.10 Å². The van der Waals surface area contributed by atoms with E-state index in [0.29, 0.717) is 0 Å². The monoisotopic (exact) mass is 393 g/mol. The average molecular weight is 393 g/mol. The lowest BCUT2D eigenvalue weighted by molar-refractivity contribution is -0.121. The molecule has 0 spiro atoms. The Bertz CT molecular complexity index is 1200. The molecule has 0 saturated carbocycles. The number of nitriles is 1. The van der Waals surface area contributed by atoms with E-state index in [2.05, 4.69) is 30.3 Å². The highest BCUT2D eigenvalue weighted by molar-refractivity contribution is 6.02. The van der Waals surface area contributed by atoms with Gasteiger partial charge in [0, 0.05) is 24.1 Å². The molecule has 0 amide bonds. The van der Waals surface area contributed by atoms with Gasteiger partial charge in [-0.2, -0.15) is 10.4 Å². The fraction of sp³-hybridized carbons (Fsp3) is 0.269. The molecule has 1 aromatic heterocycles. The van der Waals surface area contributed by atoms with E-state index in [-0.39, 0.29) is 23.2 Å². The van der Waals surface area contributed by atoms with Crippen LogP contribution >= 0.6 is 0 Å². The lowest BCUT2D eigenvalue weighted by Crippen LogP contribution is -2.48. The fourth-order valence-corrected chi connectivity index (χ4v) is 5.58. The standard InChI is InChI=1S/C26H23N3O/c1-17-22-14-13-21-23(18-9-5-3-6-10-18)29(2)28-25(21)26(22,15-19(16-27)24(17)30)20-11-7-4-8-12-20/h3-12,15,17,22H,13-14H2,1-2H3. The Kier molecular flexibility index (Phi) is 4.22. The molecule has 0 bridgehead atoms. The van der Waals surface area contributed by atoms with Crippen molar-refractivity contribution >= 4 is 5.78 Å². The van der Waals surface area contributed by atoms with Crippen LogP contribution in [0.25, 0.3) is 11.3 Å². The zero-order valence-electron chi connectivity index (χ0n) is 17.2. The summed E-state index contributed by atoms with van der Waals surface area (Å²) in [5, 5.41) is 14.8. The van der Waals surface area contributed by atoms with Gasteiger partial charge >= 0.3 is 0 Å². The molecule has 0 fully saturated rings. The summed E-state index contributed by atoms with van der Waals surface area (Å²) in [6.07, 6.45) is 3.67. The van der Waals surface area contributed by atoms with E-state index in [9.17, 15) is 10.1 Å². The highest BCUT2D eigenvalue weighted by Gasteiger charge is 2.53. The molecule has 2 aliphatic carbocycles. The van der Waals surface area contributed by atoms with E-state index in [1.54, 1.807) is 0 Å². The van der Waals surface area contributed by atoms with Gasteiger partial charge in [-0.05, 0) is 30.4 Å². The van der Waals surface area contributed by atoms with Crippen LogP contribution in [0.2, 0.25) is 0 Å². The second-order valence-electron chi connectivity index (χ2n) is 8.37. The van der Waals surface area contributed by atoms with Crippen molar-refractivity contribution in [3.8, 4) is 17.3 Å². The fourth-order valence-electron chi connectivity index (χ4n) is 5.58. The topological polar surface area (TPSA) is 58.7 Å². The van der Waals surface area contributed by atoms with Crippen molar-refractivity contribution in [1.82, 2.24) is 9.78 Å². The zero-order chi connectivity index (χ0) is 20.9. The summed E-state index contributed by atoms with van der Waals surface area (Å²) in [5.74, 6) is -0.188. The molecule has 3 aromatic rings. The molecular formula is C26H23N3O. The highest BCUT2D eigenvalue weighted by Crippen LogP contribution is 2.54. The van der Waals surface area contributed by atoms with Gasteiger partial charge in [-0.3, -0.25) is 9.48 Å². The number of Topliss-reactive ketones (excluding diaryl/α,β-unsaturated/α-hetero) is 1. The Morgan fingerprint density at radius 3 is 2.43 bits per heavy atom. The second-order valence-corrected chi connectivity index (χ2v) is 8.37. The minimum atomic E-state index is -0.571. The number of allylic oxidation sites excluding steroid dienone is 2. The van der Waals surface area contributed by atoms with Crippen molar-refractivity contribution in [3.63, 3.8) is 0 Å². The number of carbonyl (C=O) groups excluding carboxylic acids is 1. The number of aromatic nitrogens is 2. The smallest absolute Gasteiger partial charge is 0.176 e. The summed E-state index contributed by atoms with van der Waals surface area (Å²) in [7, 11) is 1.99. The predicted molar refractivity (Wildman–Crippen MR) is 116 cm³/mol. The highest BCUT2D eigenvalue weighted by atomic mass is 16.1. The maximum absolute atomic E-state index is 12.9. The normalized spacial score (nSPS) is 25.1. The molecule has 3 atom stereocenters. The number of carbonyl (C=O) groups is 1. The Hall–Kier alpha value is -3.45. The molecule has 1 heterocycles. The summed E-state index contributed by atoms with van der Waals surface area (Å²) >= 11 is 0. The van der Waals surface area contributed by atoms with Gasteiger partial charge in [0.2, 0.25) is 0 Å². The first-order valence-corrected chi connectivity index (χ1v) is 10.4. The van der Waals surface area contributed by atoms with Gasteiger partial charge in [0.05, 0.1) is 22.4 Å². The van der Waals surface area contributed by atoms with Crippen LogP contribution in [-0.2, 0) is 23.7 Å². The third kappa shape index (κ3) is 2.45. The molecule has 4 heteroatoms. The van der Waals surface area contributed by atoms with Gasteiger partial charge in [-0.1, -0.05) is 67.6 Å². The summed E-state index contributed by atoms with van der Waals surface area (Å²) in [6, 6.07) is 22.8. The molecule has 2 aromatic carbocycles. The molecule has 30 heavy (non-hydrogen) atoms. The Labute approximate surface area is 176 Å². The molecule has 0 radical (unpaired) electrons. The first-order valence-electron chi connectivity index (χ1n) is 10.4. The van der Waals surface area contributed by atoms with Crippen molar-refractivity contribution in [1.29, 1.82) is 5.26 Å². The van der Waals surface area contributed by atoms with Gasteiger partial charge in [0.1, 0.15) is 6.07 Å². The van der Waals surface area contributed by atoms with Crippen molar-refractivity contribution in [3.05, 3.63) is 89.1 Å². The minimum absolute atomic E-state index is 0.0447. The first-order chi connectivity index (χ1) is 14.6. The number of rotatable bonds is 2. The summed E-state index contributed by atoms with van der Waals surface area (Å²) in [4.78, 5) is 12.9. The van der Waals surface area contributed by atoms with E-state index in [0.717, 1.165) is 35.4 Å². The van der Waals surface area contributed by atoms with Gasteiger partial charge < -0.3 is 0 Å². The minimum Gasteiger partial charge on any atom is -0.293 e. The summed E-state index contributed by atoms with van der Waals surface area (Å²) in [6.45, 7) is 1.97. The van der Waals surface area contributed by atoms with E-state index in [1.807, 2.05) is 61.1 Å². The molecule has 0 aliphatic heterocycles. The number of hydrogen-bond donors (Lipinski definition) is 0. The number of aryl methyl sites for hydroxylation is 1. The molecular weight excluding hydrogens is 370 g/mol. The van der Waals surface area contributed by atoms with Crippen molar-refractivity contribution in [2.24, 2.45) is 18.9 Å². The maximum Gasteiger partial charge on any atom is 0.176 e. The van der Waals surface area contributed by atoms with Crippen LogP contribution in [0.3, 0.4) is 0 Å². The van der Waals surface area contributed by atoms with E-state index < -0.39 is 5.41 Å².